The first-order valence-corrected chi connectivity index (χ1v) is 17.6. The van der Waals surface area contributed by atoms with E-state index in [-0.39, 0.29) is 58.2 Å². The van der Waals surface area contributed by atoms with Crippen LogP contribution in [0.4, 0.5) is 20.2 Å². The van der Waals surface area contributed by atoms with E-state index in [1.54, 1.807) is 17.0 Å². The molecule has 7 aliphatic rings. The molecule has 226 valence electrons. The van der Waals surface area contributed by atoms with Crippen molar-refractivity contribution in [3.05, 3.63) is 53.8 Å². The van der Waals surface area contributed by atoms with Crippen LogP contribution in [-0.4, -0.2) is 58.2 Å². The van der Waals surface area contributed by atoms with Gasteiger partial charge >= 0.3 is 0 Å². The van der Waals surface area contributed by atoms with Crippen molar-refractivity contribution >= 4 is 48.9 Å². The molecular formula is C29H28F2N4O6S2. The Balaban J connectivity index is 1.20. The van der Waals surface area contributed by atoms with Gasteiger partial charge in [0.2, 0.25) is 15.9 Å². The zero-order valence-corrected chi connectivity index (χ0v) is 24.5. The number of piperidine rings is 1. The van der Waals surface area contributed by atoms with E-state index in [2.05, 4.69) is 14.4 Å². The number of halogens is 2. The van der Waals surface area contributed by atoms with E-state index in [0.29, 0.717) is 17.4 Å². The lowest BCUT2D eigenvalue weighted by Crippen LogP contribution is -2.67. The van der Waals surface area contributed by atoms with Gasteiger partial charge in [0.1, 0.15) is 16.5 Å². The van der Waals surface area contributed by atoms with Gasteiger partial charge in [-0.1, -0.05) is 12.1 Å². The van der Waals surface area contributed by atoms with Crippen LogP contribution < -0.4 is 10.0 Å². The topological polar surface area (TPSA) is 142 Å². The second kappa shape index (κ2) is 8.84. The molecule has 2 aromatic carbocycles. The number of sulfonamides is 2. The molecule has 6 fully saturated rings. The largest absolute Gasteiger partial charge is 0.341 e. The van der Waals surface area contributed by atoms with Crippen molar-refractivity contribution in [1.82, 2.24) is 4.90 Å². The molecule has 2 aromatic rings. The fourth-order valence-electron chi connectivity index (χ4n) is 9.05. The van der Waals surface area contributed by atoms with Crippen LogP contribution in [0.3, 0.4) is 0 Å². The second-order valence-electron chi connectivity index (χ2n) is 12.8. The average molecular weight is 631 g/mol. The number of carbonyl (C=O) groups is 2. The number of amidine groups is 1. The van der Waals surface area contributed by atoms with Gasteiger partial charge < -0.3 is 10.2 Å². The van der Waals surface area contributed by atoms with E-state index in [4.69, 9.17) is 0 Å². The molecule has 2 bridgehead atoms. The average Bonchev–Trinajstić information content (AvgIpc) is 3.85. The number of nitrogens with zero attached hydrogens (tertiary/aromatic N) is 2. The van der Waals surface area contributed by atoms with Crippen molar-refractivity contribution in [1.29, 1.82) is 0 Å². The quantitative estimate of drug-likeness (QED) is 0.468. The molecule has 5 aliphatic carbocycles. The Kier molecular flexibility index (Phi) is 5.59. The summed E-state index contributed by atoms with van der Waals surface area (Å²) in [7, 11) is -8.11. The summed E-state index contributed by atoms with van der Waals surface area (Å²) in [5.74, 6) is -3.20. The van der Waals surface area contributed by atoms with E-state index < -0.39 is 62.1 Å². The Morgan fingerprint density at radius 3 is 2.44 bits per heavy atom. The zero-order chi connectivity index (χ0) is 30.2. The van der Waals surface area contributed by atoms with Crippen LogP contribution >= 0.6 is 0 Å². The molecule has 0 aromatic heterocycles. The fourth-order valence-corrected chi connectivity index (χ4v) is 10.8. The van der Waals surface area contributed by atoms with Gasteiger partial charge in [0.25, 0.3) is 10.0 Å². The predicted octanol–water partition coefficient (Wildman–Crippen LogP) is 2.65. The molecule has 1 saturated heterocycles. The van der Waals surface area contributed by atoms with E-state index in [9.17, 15) is 35.2 Å². The van der Waals surface area contributed by atoms with Crippen LogP contribution in [0, 0.1) is 59.1 Å². The van der Waals surface area contributed by atoms with Gasteiger partial charge in [-0.05, 0) is 83.7 Å². The smallest absolute Gasteiger partial charge is 0.286 e. The molecule has 2 heterocycles. The standard InChI is InChI=1S/C29H28F2N4O6S2/c1-42(38,39)33-14-6-7-18-19(8-14)43(40,41)34-28(32-18)25-27(36)24-20-15-9-16(15)23(22-17(10-30)21(20)22)26(24)35(29(25)37)11-12-2-4-13(31)5-3-12/h2-8,15-17,20-26,33H,9-11H2,1H3,(H,32,34). The Bertz CT molecular complexity index is 1850. The van der Waals surface area contributed by atoms with Gasteiger partial charge in [-0.3, -0.25) is 18.7 Å². The number of carbonyl (C=O) groups excluding carboxylic acids is 2. The lowest BCUT2D eigenvalue weighted by molar-refractivity contribution is -0.163. The summed E-state index contributed by atoms with van der Waals surface area (Å²) in [5, 5.41) is 2.88. The summed E-state index contributed by atoms with van der Waals surface area (Å²) in [4.78, 5) is 30.0. The highest BCUT2D eigenvalue weighted by Crippen LogP contribution is 2.78. The maximum atomic E-state index is 14.4. The normalized spacial score (nSPS) is 37.7. The highest BCUT2D eigenvalue weighted by molar-refractivity contribution is 7.92. The minimum Gasteiger partial charge on any atom is -0.341 e. The second-order valence-corrected chi connectivity index (χ2v) is 16.1. The van der Waals surface area contributed by atoms with Crippen molar-refractivity contribution in [2.45, 2.75) is 23.9 Å². The van der Waals surface area contributed by atoms with Crippen LogP contribution in [0.15, 0.2) is 51.8 Å². The molecule has 14 heteroatoms. The highest BCUT2D eigenvalue weighted by Gasteiger charge is 2.79. The van der Waals surface area contributed by atoms with Crippen molar-refractivity contribution in [3.63, 3.8) is 0 Å². The van der Waals surface area contributed by atoms with Gasteiger partial charge in [0.15, 0.2) is 11.7 Å². The molecule has 2 aliphatic heterocycles. The molecule has 0 radical (unpaired) electrons. The monoisotopic (exact) mass is 630 g/mol. The van der Waals surface area contributed by atoms with Crippen LogP contribution in [0.25, 0.3) is 0 Å². The number of nitrogens with one attached hydrogen (secondary N) is 2. The molecular weight excluding hydrogens is 602 g/mol. The number of ketones is 1. The maximum Gasteiger partial charge on any atom is 0.286 e. The van der Waals surface area contributed by atoms with Crippen LogP contribution in [0.2, 0.25) is 0 Å². The summed E-state index contributed by atoms with van der Waals surface area (Å²) in [5.41, 5.74) is 0.734. The number of anilines is 2. The third-order valence-electron chi connectivity index (χ3n) is 10.5. The molecule has 0 spiro atoms. The molecule has 9 rings (SSSR count). The van der Waals surface area contributed by atoms with Gasteiger partial charge in [-0.15, -0.1) is 4.40 Å². The third kappa shape index (κ3) is 4.01. The van der Waals surface area contributed by atoms with E-state index >= 15 is 0 Å². The lowest BCUT2D eigenvalue weighted by atomic mass is 9.57. The number of fused-ring (bicyclic) bond motifs is 1. The molecule has 43 heavy (non-hydrogen) atoms. The summed E-state index contributed by atoms with van der Waals surface area (Å²) >= 11 is 0. The summed E-state index contributed by atoms with van der Waals surface area (Å²) in [6, 6.07) is 9.15. The molecule has 10 nitrogen and oxygen atoms in total. The van der Waals surface area contributed by atoms with Gasteiger partial charge in [0, 0.05) is 24.2 Å². The van der Waals surface area contributed by atoms with Crippen LogP contribution in [0.5, 0.6) is 0 Å². The Hall–Kier alpha value is -3.39. The molecule has 10 unspecified atom stereocenters. The number of benzene rings is 2. The Morgan fingerprint density at radius 2 is 1.74 bits per heavy atom. The SMILES string of the molecule is CS(=O)(=O)Nc1ccc2c(c1)S(=O)(=O)N=C(C1C(=O)C3C4C5CC5C(C5C(CF)C45)C3N(Cc3ccc(F)cc3)C1=O)N2. The summed E-state index contributed by atoms with van der Waals surface area (Å²) in [6.07, 6.45) is 1.87. The first-order valence-electron chi connectivity index (χ1n) is 14.3. The Labute approximate surface area is 247 Å². The minimum absolute atomic E-state index is 0.00785. The van der Waals surface area contributed by atoms with Gasteiger partial charge in [0.05, 0.1) is 18.6 Å². The Morgan fingerprint density at radius 1 is 1.05 bits per heavy atom. The number of amides is 1. The highest BCUT2D eigenvalue weighted by atomic mass is 32.2. The number of alkyl halides is 1. The molecule has 10 atom stereocenters. The molecule has 5 saturated carbocycles. The van der Waals surface area contributed by atoms with Gasteiger partial charge in [-0.2, -0.15) is 8.42 Å². The van der Waals surface area contributed by atoms with E-state index in [1.165, 1.54) is 24.3 Å². The van der Waals surface area contributed by atoms with Crippen molar-refractivity contribution in [3.8, 4) is 0 Å². The first kappa shape index (κ1) is 27.2. The van der Waals surface area contributed by atoms with Crippen LogP contribution in [0.1, 0.15) is 12.0 Å². The minimum atomic E-state index is -4.43. The van der Waals surface area contributed by atoms with Crippen molar-refractivity contribution in [2.24, 2.45) is 57.7 Å². The zero-order valence-electron chi connectivity index (χ0n) is 22.9. The van der Waals surface area contributed by atoms with E-state index in [0.717, 1.165) is 18.7 Å². The van der Waals surface area contributed by atoms with Crippen molar-refractivity contribution in [2.75, 3.05) is 23.0 Å². The number of rotatable bonds is 6. The number of Topliss-reactive ketones (excluding diaryl/α,β-unsaturated/α-hetero) is 1. The first-order chi connectivity index (χ1) is 20.4. The number of hydrogen-bond donors (Lipinski definition) is 2. The number of hydrogen-bond acceptors (Lipinski definition) is 7. The molecule has 2 N–H and O–H groups in total. The lowest BCUT2D eigenvalue weighted by Gasteiger charge is -2.55. The van der Waals surface area contributed by atoms with Crippen molar-refractivity contribution < 1.29 is 35.2 Å². The maximum absolute atomic E-state index is 14.4. The fraction of sp³-hybridized carbons (Fsp3) is 0.483. The predicted molar refractivity (Wildman–Crippen MR) is 151 cm³/mol. The third-order valence-corrected chi connectivity index (χ3v) is 12.4. The van der Waals surface area contributed by atoms with Gasteiger partial charge in [-0.25, -0.2) is 12.8 Å². The number of likely N-dealkylation sites (tertiary alicyclic amines) is 1. The molecule has 1 amide bonds. The van der Waals surface area contributed by atoms with Crippen LogP contribution in [-0.2, 0) is 36.2 Å². The summed E-state index contributed by atoms with van der Waals surface area (Å²) < 4.78 is 84.0. The van der Waals surface area contributed by atoms with E-state index in [1.807, 2.05) is 0 Å². The summed E-state index contributed by atoms with van der Waals surface area (Å²) in [6.45, 7) is -0.371.